The molecular formula is C10H14BrClN2. The molecule has 2 atom stereocenters. The van der Waals surface area contributed by atoms with E-state index in [1.165, 1.54) is 0 Å². The molecule has 0 amide bonds. The Hall–Kier alpha value is -0.150. The van der Waals surface area contributed by atoms with Crippen LogP contribution >= 0.6 is 27.5 Å². The minimum absolute atomic E-state index is 0.326. The largest absolute Gasteiger partial charge is 0.239 e. The molecule has 2 nitrogen and oxygen atoms in total. The van der Waals surface area contributed by atoms with Crippen molar-refractivity contribution in [1.82, 2.24) is 9.97 Å². The molecule has 1 aromatic heterocycles. The highest BCUT2D eigenvalue weighted by atomic mass is 79.9. The smallest absolute Gasteiger partial charge is 0.132 e. The van der Waals surface area contributed by atoms with E-state index < -0.39 is 0 Å². The van der Waals surface area contributed by atoms with Crippen LogP contribution in [0.15, 0.2) is 12.4 Å². The van der Waals surface area contributed by atoms with Gasteiger partial charge >= 0.3 is 0 Å². The third kappa shape index (κ3) is 2.92. The SMILES string of the molecule is CC(C)C(c1ncc(Cl)cn1)C(C)Br. The maximum atomic E-state index is 5.74. The fourth-order valence-electron chi connectivity index (χ4n) is 1.53. The quantitative estimate of drug-likeness (QED) is 0.788. The van der Waals surface area contributed by atoms with Crippen LogP contribution in [-0.2, 0) is 0 Å². The Morgan fingerprint density at radius 1 is 1.21 bits per heavy atom. The van der Waals surface area contributed by atoms with Gasteiger partial charge in [-0.15, -0.1) is 0 Å². The van der Waals surface area contributed by atoms with Gasteiger partial charge in [-0.25, -0.2) is 9.97 Å². The molecule has 0 aliphatic carbocycles. The Balaban J connectivity index is 2.94. The first-order valence-electron chi connectivity index (χ1n) is 4.64. The third-order valence-corrected chi connectivity index (χ3v) is 2.92. The Kier molecular flexibility index (Phi) is 4.32. The van der Waals surface area contributed by atoms with Crippen molar-refractivity contribution in [3.8, 4) is 0 Å². The molecule has 0 fully saturated rings. The summed E-state index contributed by atoms with van der Waals surface area (Å²) >= 11 is 9.32. The number of nitrogens with zero attached hydrogens (tertiary/aromatic N) is 2. The van der Waals surface area contributed by atoms with Gasteiger partial charge in [0.25, 0.3) is 0 Å². The summed E-state index contributed by atoms with van der Waals surface area (Å²) < 4.78 is 0. The molecule has 0 spiro atoms. The van der Waals surface area contributed by atoms with E-state index in [0.717, 1.165) is 5.82 Å². The molecule has 0 radical (unpaired) electrons. The molecule has 1 rings (SSSR count). The first-order valence-corrected chi connectivity index (χ1v) is 5.93. The van der Waals surface area contributed by atoms with Gasteiger partial charge in [-0.1, -0.05) is 48.3 Å². The number of aromatic nitrogens is 2. The average Bonchev–Trinajstić information content (AvgIpc) is 2.07. The zero-order valence-corrected chi connectivity index (χ0v) is 10.9. The summed E-state index contributed by atoms with van der Waals surface area (Å²) in [6.45, 7) is 6.45. The molecule has 78 valence electrons. The van der Waals surface area contributed by atoms with Gasteiger partial charge in [0, 0.05) is 23.1 Å². The standard InChI is InChI=1S/C10H14BrClN2/c1-6(2)9(7(3)11)10-13-4-8(12)5-14-10/h4-7,9H,1-3H3. The molecule has 2 unspecified atom stereocenters. The summed E-state index contributed by atoms with van der Waals surface area (Å²) in [5, 5.41) is 0.582. The predicted octanol–water partition coefficient (Wildman–Crippen LogP) is 3.65. The minimum Gasteiger partial charge on any atom is -0.239 e. The van der Waals surface area contributed by atoms with Gasteiger partial charge in [0.05, 0.1) is 5.02 Å². The normalized spacial score (nSPS) is 15.6. The molecular weight excluding hydrogens is 263 g/mol. The Morgan fingerprint density at radius 3 is 2.07 bits per heavy atom. The maximum Gasteiger partial charge on any atom is 0.132 e. The molecule has 1 aromatic rings. The number of halogens is 2. The van der Waals surface area contributed by atoms with E-state index in [1.54, 1.807) is 12.4 Å². The first kappa shape index (κ1) is 11.9. The van der Waals surface area contributed by atoms with E-state index in [1.807, 2.05) is 0 Å². The Labute approximate surface area is 98.2 Å². The van der Waals surface area contributed by atoms with E-state index in [9.17, 15) is 0 Å². The van der Waals surface area contributed by atoms with Crippen LogP contribution in [0, 0.1) is 5.92 Å². The molecule has 0 bridgehead atoms. The van der Waals surface area contributed by atoms with Crippen molar-refractivity contribution in [2.45, 2.75) is 31.5 Å². The van der Waals surface area contributed by atoms with Crippen LogP contribution in [0.1, 0.15) is 32.5 Å². The van der Waals surface area contributed by atoms with Crippen molar-refractivity contribution in [3.05, 3.63) is 23.2 Å². The van der Waals surface area contributed by atoms with Crippen molar-refractivity contribution in [3.63, 3.8) is 0 Å². The number of alkyl halides is 1. The highest BCUT2D eigenvalue weighted by Gasteiger charge is 2.23. The summed E-state index contributed by atoms with van der Waals surface area (Å²) in [7, 11) is 0. The van der Waals surface area contributed by atoms with Gasteiger partial charge in [0.15, 0.2) is 0 Å². The van der Waals surface area contributed by atoms with Gasteiger partial charge in [0.1, 0.15) is 5.82 Å². The minimum atomic E-state index is 0.326. The number of hydrogen-bond donors (Lipinski definition) is 0. The summed E-state index contributed by atoms with van der Waals surface area (Å²) in [5.74, 6) is 1.69. The second kappa shape index (κ2) is 5.08. The fraction of sp³-hybridized carbons (Fsp3) is 0.600. The number of rotatable bonds is 3. The monoisotopic (exact) mass is 276 g/mol. The predicted molar refractivity (Wildman–Crippen MR) is 63.0 cm³/mol. The van der Waals surface area contributed by atoms with Crippen LogP contribution in [-0.4, -0.2) is 14.8 Å². The molecule has 4 heteroatoms. The third-order valence-electron chi connectivity index (χ3n) is 2.15. The lowest BCUT2D eigenvalue weighted by molar-refractivity contribution is 0.475. The second-order valence-corrected chi connectivity index (χ2v) is 5.59. The zero-order chi connectivity index (χ0) is 10.7. The molecule has 1 heterocycles. The van der Waals surface area contributed by atoms with Crippen LogP contribution in [0.5, 0.6) is 0 Å². The van der Waals surface area contributed by atoms with Crippen molar-refractivity contribution in [2.75, 3.05) is 0 Å². The fourth-order valence-corrected chi connectivity index (χ4v) is 2.47. The van der Waals surface area contributed by atoms with E-state index in [-0.39, 0.29) is 0 Å². The molecule has 0 aromatic carbocycles. The van der Waals surface area contributed by atoms with Crippen LogP contribution in [0.4, 0.5) is 0 Å². The van der Waals surface area contributed by atoms with Crippen LogP contribution in [0.3, 0.4) is 0 Å². The summed E-state index contributed by atoms with van der Waals surface area (Å²) in [6.07, 6.45) is 3.29. The highest BCUT2D eigenvalue weighted by Crippen LogP contribution is 2.29. The van der Waals surface area contributed by atoms with Gasteiger partial charge in [-0.3, -0.25) is 0 Å². The molecule has 0 aliphatic rings. The van der Waals surface area contributed by atoms with E-state index in [0.29, 0.717) is 21.7 Å². The van der Waals surface area contributed by atoms with Crippen molar-refractivity contribution >= 4 is 27.5 Å². The van der Waals surface area contributed by atoms with Gasteiger partial charge in [-0.2, -0.15) is 0 Å². The Morgan fingerprint density at radius 2 is 1.71 bits per heavy atom. The van der Waals surface area contributed by atoms with Gasteiger partial charge < -0.3 is 0 Å². The average molecular weight is 278 g/mol. The molecule has 0 aliphatic heterocycles. The Bertz CT molecular complexity index is 277. The van der Waals surface area contributed by atoms with Crippen LogP contribution in [0.25, 0.3) is 0 Å². The van der Waals surface area contributed by atoms with Crippen molar-refractivity contribution < 1.29 is 0 Å². The first-order chi connectivity index (χ1) is 6.52. The van der Waals surface area contributed by atoms with Crippen LogP contribution in [0.2, 0.25) is 5.02 Å². The second-order valence-electron chi connectivity index (χ2n) is 3.71. The molecule has 0 saturated carbocycles. The van der Waals surface area contributed by atoms with Gasteiger partial charge in [0.2, 0.25) is 0 Å². The van der Waals surface area contributed by atoms with E-state index in [4.69, 9.17) is 11.6 Å². The van der Waals surface area contributed by atoms with Gasteiger partial charge in [-0.05, 0) is 5.92 Å². The highest BCUT2D eigenvalue weighted by molar-refractivity contribution is 9.09. The lowest BCUT2D eigenvalue weighted by atomic mass is 9.92. The van der Waals surface area contributed by atoms with E-state index in [2.05, 4.69) is 46.7 Å². The van der Waals surface area contributed by atoms with Crippen molar-refractivity contribution in [1.29, 1.82) is 0 Å². The van der Waals surface area contributed by atoms with E-state index >= 15 is 0 Å². The maximum absolute atomic E-state index is 5.74. The zero-order valence-electron chi connectivity index (χ0n) is 8.54. The summed E-state index contributed by atoms with van der Waals surface area (Å²) in [5.41, 5.74) is 0. The van der Waals surface area contributed by atoms with Crippen LogP contribution < -0.4 is 0 Å². The number of hydrogen-bond acceptors (Lipinski definition) is 2. The topological polar surface area (TPSA) is 25.8 Å². The lowest BCUT2D eigenvalue weighted by Crippen LogP contribution is -2.18. The molecule has 0 saturated heterocycles. The molecule has 0 N–H and O–H groups in total. The summed E-state index contributed by atoms with van der Waals surface area (Å²) in [4.78, 5) is 8.86. The summed E-state index contributed by atoms with van der Waals surface area (Å²) in [6, 6.07) is 0. The molecule has 14 heavy (non-hydrogen) atoms. The van der Waals surface area contributed by atoms with Crippen molar-refractivity contribution in [2.24, 2.45) is 5.92 Å². The lowest BCUT2D eigenvalue weighted by Gasteiger charge is -2.21.